The van der Waals surface area contributed by atoms with Crippen LogP contribution in [-0.4, -0.2) is 24.0 Å². The fraction of sp³-hybridized carbons (Fsp3) is 0.368. The molecule has 0 spiro atoms. The minimum atomic E-state index is 0.565. The van der Waals surface area contributed by atoms with E-state index in [2.05, 4.69) is 72.6 Å². The zero-order chi connectivity index (χ0) is 14.7. The summed E-state index contributed by atoms with van der Waals surface area (Å²) in [7, 11) is 0. The average molecular weight is 280 g/mol. The number of nitrogens with one attached hydrogen (secondary N) is 1. The molecule has 1 N–H and O–H groups in total. The zero-order valence-electron chi connectivity index (χ0n) is 13.0. The van der Waals surface area contributed by atoms with Crippen molar-refractivity contribution < 1.29 is 0 Å². The van der Waals surface area contributed by atoms with Crippen LogP contribution < -0.4 is 5.32 Å². The third-order valence-electron chi connectivity index (χ3n) is 4.11. The summed E-state index contributed by atoms with van der Waals surface area (Å²) in [5.41, 5.74) is 5.33. The maximum Gasteiger partial charge on any atom is 0.0400 e. The van der Waals surface area contributed by atoms with Gasteiger partial charge in [-0.05, 0) is 49.1 Å². The quantitative estimate of drug-likeness (QED) is 0.911. The Morgan fingerprint density at radius 3 is 2.48 bits per heavy atom. The van der Waals surface area contributed by atoms with Gasteiger partial charge in [0.05, 0.1) is 0 Å². The summed E-state index contributed by atoms with van der Waals surface area (Å²) in [5.74, 6) is 0. The molecule has 1 aliphatic heterocycles. The molecule has 2 aromatic carbocycles. The largest absolute Gasteiger partial charge is 0.381 e. The molecule has 1 saturated heterocycles. The molecule has 0 saturated carbocycles. The fourth-order valence-corrected chi connectivity index (χ4v) is 3.23. The molecule has 1 aliphatic rings. The molecule has 0 aromatic heterocycles. The van der Waals surface area contributed by atoms with E-state index in [9.17, 15) is 0 Å². The van der Waals surface area contributed by atoms with E-state index in [-0.39, 0.29) is 0 Å². The predicted molar refractivity (Wildman–Crippen MR) is 89.7 cm³/mol. The van der Waals surface area contributed by atoms with Crippen molar-refractivity contribution in [2.45, 2.75) is 32.9 Å². The Labute approximate surface area is 127 Å². The van der Waals surface area contributed by atoms with Crippen molar-refractivity contribution in [2.75, 3.05) is 18.4 Å². The van der Waals surface area contributed by atoms with Crippen LogP contribution in [0.4, 0.5) is 5.69 Å². The molecule has 0 amide bonds. The van der Waals surface area contributed by atoms with Crippen molar-refractivity contribution in [2.24, 2.45) is 0 Å². The highest BCUT2D eigenvalue weighted by Crippen LogP contribution is 2.20. The van der Waals surface area contributed by atoms with Gasteiger partial charge >= 0.3 is 0 Å². The molecule has 1 heterocycles. The second-order valence-corrected chi connectivity index (χ2v) is 6.23. The van der Waals surface area contributed by atoms with E-state index in [4.69, 9.17) is 0 Å². The number of anilines is 1. The molecule has 2 nitrogen and oxygen atoms in total. The Hall–Kier alpha value is -1.80. The van der Waals surface area contributed by atoms with Crippen molar-refractivity contribution in [1.29, 1.82) is 0 Å². The van der Waals surface area contributed by atoms with Crippen molar-refractivity contribution >= 4 is 5.69 Å². The number of hydrogen-bond donors (Lipinski definition) is 1. The van der Waals surface area contributed by atoms with Gasteiger partial charge in [-0.1, -0.05) is 36.4 Å². The van der Waals surface area contributed by atoms with Gasteiger partial charge in [0.25, 0.3) is 0 Å². The average Bonchev–Trinajstić information content (AvgIpc) is 2.86. The van der Waals surface area contributed by atoms with Crippen LogP contribution >= 0.6 is 0 Å². The van der Waals surface area contributed by atoms with E-state index < -0.39 is 0 Å². The number of aryl methyl sites for hydroxylation is 2. The highest BCUT2D eigenvalue weighted by Gasteiger charge is 2.22. The lowest BCUT2D eigenvalue weighted by molar-refractivity contribution is 0.328. The van der Waals surface area contributed by atoms with Gasteiger partial charge in [-0.3, -0.25) is 4.90 Å². The monoisotopic (exact) mass is 280 g/mol. The fourth-order valence-electron chi connectivity index (χ4n) is 3.23. The summed E-state index contributed by atoms with van der Waals surface area (Å²) in [6.45, 7) is 7.69. The third-order valence-corrected chi connectivity index (χ3v) is 4.11. The van der Waals surface area contributed by atoms with Gasteiger partial charge in [0.2, 0.25) is 0 Å². The molecule has 0 radical (unpaired) electrons. The van der Waals surface area contributed by atoms with Gasteiger partial charge in [-0.15, -0.1) is 0 Å². The third kappa shape index (κ3) is 3.85. The minimum Gasteiger partial charge on any atom is -0.381 e. The lowest BCUT2D eigenvalue weighted by Crippen LogP contribution is -2.26. The van der Waals surface area contributed by atoms with Gasteiger partial charge in [0.1, 0.15) is 0 Å². The highest BCUT2D eigenvalue weighted by atomic mass is 15.2. The van der Waals surface area contributed by atoms with Gasteiger partial charge < -0.3 is 5.32 Å². The van der Waals surface area contributed by atoms with E-state index in [1.165, 1.54) is 35.3 Å². The molecule has 1 unspecified atom stereocenters. The molecule has 2 aromatic rings. The first-order valence-electron chi connectivity index (χ1n) is 7.80. The maximum absolute atomic E-state index is 3.70. The number of hydrogen-bond acceptors (Lipinski definition) is 2. The Morgan fingerprint density at radius 1 is 1.05 bits per heavy atom. The Morgan fingerprint density at radius 2 is 1.76 bits per heavy atom. The summed E-state index contributed by atoms with van der Waals surface area (Å²) in [4.78, 5) is 2.54. The number of likely N-dealkylation sites (tertiary alicyclic amines) is 1. The summed E-state index contributed by atoms with van der Waals surface area (Å²) in [6.07, 6.45) is 1.22. The van der Waals surface area contributed by atoms with E-state index >= 15 is 0 Å². The van der Waals surface area contributed by atoms with E-state index in [0.717, 1.165) is 13.1 Å². The van der Waals surface area contributed by atoms with E-state index in [0.29, 0.717) is 6.04 Å². The van der Waals surface area contributed by atoms with Crippen LogP contribution in [0.15, 0.2) is 48.5 Å². The van der Waals surface area contributed by atoms with Crippen molar-refractivity contribution in [3.63, 3.8) is 0 Å². The normalized spacial score (nSPS) is 18.9. The van der Waals surface area contributed by atoms with Crippen LogP contribution in [0.1, 0.15) is 23.1 Å². The minimum absolute atomic E-state index is 0.565. The van der Waals surface area contributed by atoms with Gasteiger partial charge in [-0.25, -0.2) is 0 Å². The van der Waals surface area contributed by atoms with Crippen LogP contribution in [0.5, 0.6) is 0 Å². The molecular weight excluding hydrogens is 256 g/mol. The first-order valence-corrected chi connectivity index (χ1v) is 7.80. The van der Waals surface area contributed by atoms with E-state index in [1.807, 2.05) is 0 Å². The first kappa shape index (κ1) is 14.2. The van der Waals surface area contributed by atoms with Gasteiger partial charge in [0, 0.05) is 31.4 Å². The lowest BCUT2D eigenvalue weighted by atomic mass is 10.1. The molecule has 21 heavy (non-hydrogen) atoms. The summed E-state index contributed by atoms with van der Waals surface area (Å²) < 4.78 is 0. The highest BCUT2D eigenvalue weighted by molar-refractivity contribution is 5.49. The summed E-state index contributed by atoms with van der Waals surface area (Å²) in [5, 5.41) is 3.70. The summed E-state index contributed by atoms with van der Waals surface area (Å²) in [6, 6.07) is 18.0. The zero-order valence-corrected chi connectivity index (χ0v) is 13.0. The SMILES string of the molecule is Cc1cc(C)cc(NC2CCN(Cc3ccccc3)C2)c1. The van der Waals surface area contributed by atoms with Crippen molar-refractivity contribution in [3.8, 4) is 0 Å². The van der Waals surface area contributed by atoms with Crippen LogP contribution in [0, 0.1) is 13.8 Å². The number of rotatable bonds is 4. The molecular formula is C19H24N2. The Kier molecular flexibility index (Phi) is 4.26. The number of nitrogens with zero attached hydrogens (tertiary/aromatic N) is 1. The van der Waals surface area contributed by atoms with Gasteiger partial charge in [0.15, 0.2) is 0 Å². The van der Waals surface area contributed by atoms with Crippen molar-refractivity contribution in [1.82, 2.24) is 4.90 Å². The Bertz CT molecular complexity index is 572. The molecule has 3 rings (SSSR count). The standard InChI is InChI=1S/C19H24N2/c1-15-10-16(2)12-19(11-15)20-18-8-9-21(14-18)13-17-6-4-3-5-7-17/h3-7,10-12,18,20H,8-9,13-14H2,1-2H3. The van der Waals surface area contributed by atoms with Crippen LogP contribution in [0.3, 0.4) is 0 Å². The molecule has 0 bridgehead atoms. The second-order valence-electron chi connectivity index (χ2n) is 6.23. The van der Waals surface area contributed by atoms with E-state index in [1.54, 1.807) is 0 Å². The molecule has 110 valence electrons. The smallest absolute Gasteiger partial charge is 0.0400 e. The molecule has 1 fully saturated rings. The van der Waals surface area contributed by atoms with Crippen molar-refractivity contribution in [3.05, 3.63) is 65.2 Å². The number of benzene rings is 2. The van der Waals surface area contributed by atoms with Crippen LogP contribution in [0.25, 0.3) is 0 Å². The Balaban J connectivity index is 1.57. The molecule has 2 heteroatoms. The topological polar surface area (TPSA) is 15.3 Å². The summed E-state index contributed by atoms with van der Waals surface area (Å²) >= 11 is 0. The molecule has 1 atom stereocenters. The van der Waals surface area contributed by atoms with Crippen LogP contribution in [-0.2, 0) is 6.54 Å². The van der Waals surface area contributed by atoms with Gasteiger partial charge in [-0.2, -0.15) is 0 Å². The maximum atomic E-state index is 3.70. The molecule has 0 aliphatic carbocycles. The van der Waals surface area contributed by atoms with Crippen LogP contribution in [0.2, 0.25) is 0 Å². The first-order chi connectivity index (χ1) is 10.2. The lowest BCUT2D eigenvalue weighted by Gasteiger charge is -2.18. The predicted octanol–water partition coefficient (Wildman–Crippen LogP) is 3.99. The second kappa shape index (κ2) is 6.31.